The maximum Gasteiger partial charge on any atom is 0.352 e. The summed E-state index contributed by atoms with van der Waals surface area (Å²) in [6, 6.07) is -0.954. The standard InChI is InChI=1S/C19H20N8O6S3/c1-2-3-33-25-12(10-7-36-19(22-10)20-8-28)15(29)23-13-16(30)27-14(18(31)32)9(6-35-17(13)27)5-34-11-4-21-26-24-11/h4,7-8,13,17H,2-3,5-6H2,1H3,(H,23,29)(H,31,32)(H,20,22,28)(H,21,24,26)/b25-12+/t13?,17-/m1/s1. The molecule has 2 aromatic heterocycles. The largest absolute Gasteiger partial charge is 0.477 e. The number of nitrogens with zero attached hydrogens (tertiary/aromatic N) is 5. The molecule has 190 valence electrons. The summed E-state index contributed by atoms with van der Waals surface area (Å²) >= 11 is 3.74. The summed E-state index contributed by atoms with van der Waals surface area (Å²) in [5.74, 6) is -1.79. The van der Waals surface area contributed by atoms with Gasteiger partial charge in [-0.2, -0.15) is 10.3 Å². The number of thiazole rings is 1. The van der Waals surface area contributed by atoms with Gasteiger partial charge in [-0.1, -0.05) is 23.8 Å². The molecule has 0 radical (unpaired) electrons. The molecule has 0 spiro atoms. The van der Waals surface area contributed by atoms with E-state index >= 15 is 0 Å². The minimum Gasteiger partial charge on any atom is -0.477 e. The SMILES string of the molecule is CCCO/N=C(/C(=O)NC1C(=O)N2C(C(=O)O)=C(CSc3cn[nH]n3)CS[C@H]12)c1csc(NC=O)n1. The van der Waals surface area contributed by atoms with E-state index in [0.717, 1.165) is 11.3 Å². The fraction of sp³-hybridized carbons (Fsp3) is 0.368. The lowest BCUT2D eigenvalue weighted by Crippen LogP contribution is -2.71. The van der Waals surface area contributed by atoms with Gasteiger partial charge in [0, 0.05) is 16.9 Å². The predicted octanol–water partition coefficient (Wildman–Crippen LogP) is 0.491. The summed E-state index contributed by atoms with van der Waals surface area (Å²) in [5.41, 5.74) is 0.484. The molecule has 3 amide bonds. The van der Waals surface area contributed by atoms with Crippen LogP contribution in [0.1, 0.15) is 19.0 Å². The molecule has 0 bridgehead atoms. The van der Waals surface area contributed by atoms with Crippen molar-refractivity contribution in [1.29, 1.82) is 0 Å². The Balaban J connectivity index is 1.49. The van der Waals surface area contributed by atoms with E-state index in [0.29, 0.717) is 34.9 Å². The number of aliphatic carboxylic acids is 1. The van der Waals surface area contributed by atoms with Gasteiger partial charge in [0.2, 0.25) is 6.41 Å². The van der Waals surface area contributed by atoms with E-state index in [1.165, 1.54) is 40.0 Å². The molecule has 0 saturated carbocycles. The molecule has 2 aliphatic heterocycles. The third kappa shape index (κ3) is 5.36. The van der Waals surface area contributed by atoms with E-state index in [1.54, 1.807) is 0 Å². The van der Waals surface area contributed by atoms with Crippen molar-refractivity contribution in [2.24, 2.45) is 5.16 Å². The molecule has 2 atom stereocenters. The molecule has 1 fully saturated rings. The van der Waals surface area contributed by atoms with Crippen LogP contribution in [0.4, 0.5) is 5.13 Å². The van der Waals surface area contributed by atoms with Crippen molar-refractivity contribution in [3.63, 3.8) is 0 Å². The fourth-order valence-corrected chi connectivity index (χ4v) is 6.25. The second-order valence-electron chi connectivity index (χ2n) is 7.29. The maximum absolute atomic E-state index is 13.1. The number of amides is 3. The highest BCUT2D eigenvalue weighted by Gasteiger charge is 2.54. The summed E-state index contributed by atoms with van der Waals surface area (Å²) in [7, 11) is 0. The molecular formula is C19H20N8O6S3. The molecule has 4 N–H and O–H groups in total. The van der Waals surface area contributed by atoms with Crippen molar-refractivity contribution in [1.82, 2.24) is 30.6 Å². The lowest BCUT2D eigenvalue weighted by atomic mass is 10.0. The van der Waals surface area contributed by atoms with Crippen LogP contribution in [0.3, 0.4) is 0 Å². The number of thioether (sulfide) groups is 2. The molecule has 4 heterocycles. The second-order valence-corrected chi connectivity index (χ2v) is 10.2. The fourth-order valence-electron chi connectivity index (χ4n) is 3.33. The Bertz CT molecular complexity index is 1210. The molecule has 14 nitrogen and oxygen atoms in total. The van der Waals surface area contributed by atoms with Crippen LogP contribution in [-0.2, 0) is 24.0 Å². The van der Waals surface area contributed by atoms with Gasteiger partial charge in [-0.15, -0.1) is 28.2 Å². The van der Waals surface area contributed by atoms with Crippen molar-refractivity contribution in [2.45, 2.75) is 29.8 Å². The van der Waals surface area contributed by atoms with Crippen LogP contribution in [-0.4, -0.2) is 89.8 Å². The van der Waals surface area contributed by atoms with Crippen LogP contribution in [0.15, 0.2) is 33.0 Å². The first-order valence-electron chi connectivity index (χ1n) is 10.5. The molecule has 0 aromatic carbocycles. The number of carbonyl (C=O) groups excluding carboxylic acids is 3. The highest BCUT2D eigenvalue weighted by molar-refractivity contribution is 8.01. The topological polar surface area (TPSA) is 192 Å². The van der Waals surface area contributed by atoms with Crippen molar-refractivity contribution in [3.05, 3.63) is 28.5 Å². The van der Waals surface area contributed by atoms with Gasteiger partial charge in [-0.3, -0.25) is 19.3 Å². The number of oxime groups is 1. The van der Waals surface area contributed by atoms with E-state index in [9.17, 15) is 24.3 Å². The van der Waals surface area contributed by atoms with Gasteiger partial charge >= 0.3 is 5.97 Å². The number of fused-ring (bicyclic) bond motifs is 1. The third-order valence-electron chi connectivity index (χ3n) is 4.92. The zero-order valence-electron chi connectivity index (χ0n) is 18.7. The van der Waals surface area contributed by atoms with Crippen molar-refractivity contribution < 1.29 is 29.1 Å². The van der Waals surface area contributed by atoms with Crippen LogP contribution in [0.25, 0.3) is 0 Å². The summed E-state index contributed by atoms with van der Waals surface area (Å²) in [6.07, 6.45) is 2.64. The first-order valence-corrected chi connectivity index (χ1v) is 13.4. The normalized spacial score (nSPS) is 19.4. The zero-order chi connectivity index (χ0) is 25.7. The first-order chi connectivity index (χ1) is 17.4. The Morgan fingerprint density at radius 3 is 3.00 bits per heavy atom. The Morgan fingerprint density at radius 2 is 2.31 bits per heavy atom. The van der Waals surface area contributed by atoms with Crippen LogP contribution >= 0.6 is 34.9 Å². The Morgan fingerprint density at radius 1 is 1.47 bits per heavy atom. The number of hydrogen-bond donors (Lipinski definition) is 4. The van der Waals surface area contributed by atoms with Gasteiger partial charge in [-0.25, -0.2) is 9.78 Å². The van der Waals surface area contributed by atoms with E-state index < -0.39 is 29.2 Å². The quantitative estimate of drug-likeness (QED) is 0.0715. The predicted molar refractivity (Wildman–Crippen MR) is 131 cm³/mol. The van der Waals surface area contributed by atoms with Gasteiger partial charge in [0.1, 0.15) is 34.4 Å². The van der Waals surface area contributed by atoms with Gasteiger partial charge in [-0.05, 0) is 12.0 Å². The van der Waals surface area contributed by atoms with Crippen molar-refractivity contribution in [2.75, 3.05) is 23.4 Å². The summed E-state index contributed by atoms with van der Waals surface area (Å²) in [4.78, 5) is 59.3. The lowest BCUT2D eigenvalue weighted by molar-refractivity contribution is -0.150. The first kappa shape index (κ1) is 25.6. The number of carboxylic acids is 1. The summed E-state index contributed by atoms with van der Waals surface area (Å²) in [6.45, 7) is 2.13. The monoisotopic (exact) mass is 552 g/mol. The highest BCUT2D eigenvalue weighted by Crippen LogP contribution is 2.41. The number of anilines is 1. The molecular weight excluding hydrogens is 532 g/mol. The average Bonchev–Trinajstić information content (AvgIpc) is 3.55. The lowest BCUT2D eigenvalue weighted by Gasteiger charge is -2.49. The second kappa shape index (κ2) is 11.5. The Kier molecular flexibility index (Phi) is 8.21. The van der Waals surface area contributed by atoms with E-state index in [2.05, 4.69) is 36.2 Å². The van der Waals surface area contributed by atoms with Gasteiger partial charge in [0.25, 0.3) is 11.8 Å². The number of rotatable bonds is 12. The van der Waals surface area contributed by atoms with E-state index in [4.69, 9.17) is 4.84 Å². The van der Waals surface area contributed by atoms with E-state index in [1.807, 2.05) is 6.92 Å². The van der Waals surface area contributed by atoms with E-state index in [-0.39, 0.29) is 28.8 Å². The number of H-pyrrole nitrogens is 1. The van der Waals surface area contributed by atoms with Crippen LogP contribution in [0.5, 0.6) is 0 Å². The summed E-state index contributed by atoms with van der Waals surface area (Å²) < 4.78 is 0. The molecule has 0 aliphatic carbocycles. The van der Waals surface area contributed by atoms with Crippen molar-refractivity contribution in [3.8, 4) is 0 Å². The number of aromatic amines is 1. The number of carbonyl (C=O) groups is 4. The van der Waals surface area contributed by atoms with Crippen LogP contribution < -0.4 is 10.6 Å². The van der Waals surface area contributed by atoms with Gasteiger partial charge < -0.3 is 20.6 Å². The molecule has 4 rings (SSSR count). The highest BCUT2D eigenvalue weighted by atomic mass is 32.2. The van der Waals surface area contributed by atoms with Gasteiger partial charge in [0.05, 0.1) is 6.20 Å². The maximum atomic E-state index is 13.1. The molecule has 1 saturated heterocycles. The zero-order valence-corrected chi connectivity index (χ0v) is 21.1. The number of nitrogens with one attached hydrogen (secondary N) is 3. The number of carboxylic acid groups (broad SMARTS) is 1. The number of β-lactam (4-membered cyclic amide) rings is 1. The smallest absolute Gasteiger partial charge is 0.352 e. The molecule has 17 heteroatoms. The number of aromatic nitrogens is 4. The molecule has 2 aromatic rings. The van der Waals surface area contributed by atoms with Gasteiger partial charge in [0.15, 0.2) is 10.8 Å². The third-order valence-corrected chi connectivity index (χ3v) is 8.02. The summed E-state index contributed by atoms with van der Waals surface area (Å²) in [5, 5.41) is 30.7. The minimum absolute atomic E-state index is 0.0884. The number of hydrogen-bond acceptors (Lipinski definition) is 12. The van der Waals surface area contributed by atoms with Crippen LogP contribution in [0.2, 0.25) is 0 Å². The Labute approximate surface area is 216 Å². The molecule has 36 heavy (non-hydrogen) atoms. The molecule has 1 unspecified atom stereocenters. The Hall–Kier alpha value is -3.44. The minimum atomic E-state index is -1.22. The van der Waals surface area contributed by atoms with Crippen LogP contribution in [0, 0.1) is 0 Å². The molecule has 2 aliphatic rings. The van der Waals surface area contributed by atoms with Crippen molar-refractivity contribution >= 4 is 69.9 Å². The average molecular weight is 553 g/mol.